The number of fused-ring (bicyclic) bond motifs is 3. The third-order valence-electron chi connectivity index (χ3n) is 6.32. The molecule has 0 aliphatic carbocycles. The standard InChI is InChI=1S/C24H28F3N3O2/c1-32-13-5-10-28-23(31)20-15-17-14-18(24(25,26)27)8-9-21(17)30-12-11-29(16-22(20)30)19-6-3-2-4-7-19/h2-4,6-9,14,20,22H,5,10-13,15-16H2,1H3,(H,28,31)/t20-,22-/m1/s1. The molecule has 4 rings (SSSR count). The molecule has 0 saturated carbocycles. The summed E-state index contributed by atoms with van der Waals surface area (Å²) >= 11 is 0. The van der Waals surface area contributed by atoms with Gasteiger partial charge in [-0.25, -0.2) is 0 Å². The monoisotopic (exact) mass is 447 g/mol. The Morgan fingerprint density at radius 3 is 2.66 bits per heavy atom. The lowest BCUT2D eigenvalue weighted by molar-refractivity contribution is -0.137. The molecular formula is C24H28F3N3O2. The summed E-state index contributed by atoms with van der Waals surface area (Å²) < 4.78 is 45.0. The number of rotatable bonds is 6. The highest BCUT2D eigenvalue weighted by Gasteiger charge is 2.42. The Hall–Kier alpha value is -2.74. The molecule has 0 aromatic heterocycles. The van der Waals surface area contributed by atoms with Crippen molar-refractivity contribution < 1.29 is 22.7 Å². The molecule has 1 amide bonds. The molecule has 2 aliphatic heterocycles. The van der Waals surface area contributed by atoms with Crippen LogP contribution in [0.1, 0.15) is 17.5 Å². The fourth-order valence-electron chi connectivity index (χ4n) is 4.73. The number of nitrogens with one attached hydrogen (secondary N) is 1. The number of carbonyl (C=O) groups excluding carboxylic acids is 1. The van der Waals surface area contributed by atoms with Gasteiger partial charge in [0.05, 0.1) is 17.5 Å². The zero-order valence-corrected chi connectivity index (χ0v) is 18.1. The molecule has 1 saturated heterocycles. The number of nitrogens with zero attached hydrogens (tertiary/aromatic N) is 2. The average molecular weight is 448 g/mol. The minimum Gasteiger partial charge on any atom is -0.385 e. The van der Waals surface area contributed by atoms with Gasteiger partial charge >= 0.3 is 6.18 Å². The number of hydrogen-bond acceptors (Lipinski definition) is 4. The zero-order chi connectivity index (χ0) is 22.7. The fraction of sp³-hybridized carbons (Fsp3) is 0.458. The number of anilines is 2. The normalized spacial score (nSPS) is 20.5. The molecule has 32 heavy (non-hydrogen) atoms. The van der Waals surface area contributed by atoms with Crippen molar-refractivity contribution in [1.29, 1.82) is 0 Å². The number of halogens is 3. The van der Waals surface area contributed by atoms with Crippen LogP contribution in [-0.4, -0.2) is 51.8 Å². The number of carbonyl (C=O) groups is 1. The van der Waals surface area contributed by atoms with Gasteiger partial charge in [-0.3, -0.25) is 4.79 Å². The van der Waals surface area contributed by atoms with Crippen LogP contribution in [0.3, 0.4) is 0 Å². The van der Waals surface area contributed by atoms with Crippen molar-refractivity contribution in [2.45, 2.75) is 25.1 Å². The zero-order valence-electron chi connectivity index (χ0n) is 18.1. The number of methoxy groups -OCH3 is 1. The van der Waals surface area contributed by atoms with Crippen molar-refractivity contribution >= 4 is 17.3 Å². The van der Waals surface area contributed by atoms with E-state index in [1.165, 1.54) is 6.07 Å². The lowest BCUT2D eigenvalue weighted by Crippen LogP contribution is -2.61. The second-order valence-electron chi connectivity index (χ2n) is 8.33. The third-order valence-corrected chi connectivity index (χ3v) is 6.32. The van der Waals surface area contributed by atoms with Crippen molar-refractivity contribution in [3.63, 3.8) is 0 Å². The number of benzene rings is 2. The Labute approximate surface area is 186 Å². The molecule has 2 aliphatic rings. The molecule has 2 aromatic rings. The highest BCUT2D eigenvalue weighted by Crippen LogP contribution is 2.40. The third kappa shape index (κ3) is 4.70. The largest absolute Gasteiger partial charge is 0.416 e. The highest BCUT2D eigenvalue weighted by atomic mass is 19.4. The molecule has 0 bridgehead atoms. The fourth-order valence-corrected chi connectivity index (χ4v) is 4.73. The molecule has 8 heteroatoms. The second-order valence-corrected chi connectivity index (χ2v) is 8.33. The van der Waals surface area contributed by atoms with Crippen molar-refractivity contribution in [3.8, 4) is 0 Å². The van der Waals surface area contributed by atoms with Crippen LogP contribution in [0.4, 0.5) is 24.5 Å². The van der Waals surface area contributed by atoms with E-state index in [1.54, 1.807) is 13.2 Å². The van der Waals surface area contributed by atoms with Crippen LogP contribution in [0.5, 0.6) is 0 Å². The molecule has 0 unspecified atom stereocenters. The smallest absolute Gasteiger partial charge is 0.385 e. The topological polar surface area (TPSA) is 44.8 Å². The van der Waals surface area contributed by atoms with Gasteiger partial charge in [-0.05, 0) is 48.7 Å². The van der Waals surface area contributed by atoms with Crippen LogP contribution in [0.25, 0.3) is 0 Å². The van der Waals surface area contributed by atoms with Gasteiger partial charge in [0.1, 0.15) is 0 Å². The van der Waals surface area contributed by atoms with E-state index in [-0.39, 0.29) is 11.9 Å². The predicted molar refractivity (Wildman–Crippen MR) is 118 cm³/mol. The summed E-state index contributed by atoms with van der Waals surface area (Å²) in [6, 6.07) is 13.8. The lowest BCUT2D eigenvalue weighted by Gasteiger charge is -2.49. The van der Waals surface area contributed by atoms with Crippen LogP contribution in [0, 0.1) is 5.92 Å². The minimum absolute atomic E-state index is 0.115. The van der Waals surface area contributed by atoms with Crippen LogP contribution in [0.15, 0.2) is 48.5 Å². The van der Waals surface area contributed by atoms with Gasteiger partial charge in [0.15, 0.2) is 0 Å². The molecule has 172 valence electrons. The van der Waals surface area contributed by atoms with Crippen LogP contribution >= 0.6 is 0 Å². The van der Waals surface area contributed by atoms with Crippen molar-refractivity contribution in [1.82, 2.24) is 5.32 Å². The van der Waals surface area contributed by atoms with Crippen molar-refractivity contribution in [2.24, 2.45) is 5.92 Å². The highest BCUT2D eigenvalue weighted by molar-refractivity contribution is 5.82. The van der Waals surface area contributed by atoms with Gasteiger partial charge in [-0.2, -0.15) is 13.2 Å². The maximum Gasteiger partial charge on any atom is 0.416 e. The molecule has 0 spiro atoms. The van der Waals surface area contributed by atoms with E-state index >= 15 is 0 Å². The van der Waals surface area contributed by atoms with Crippen molar-refractivity contribution in [2.75, 3.05) is 49.7 Å². The number of hydrogen-bond donors (Lipinski definition) is 1. The summed E-state index contributed by atoms with van der Waals surface area (Å²) in [6.07, 6.45) is -3.43. The first-order chi connectivity index (χ1) is 15.4. The Balaban J connectivity index is 1.62. The van der Waals surface area contributed by atoms with E-state index in [1.807, 2.05) is 30.3 Å². The maximum atomic E-state index is 13.3. The van der Waals surface area contributed by atoms with E-state index in [4.69, 9.17) is 4.74 Å². The first kappa shape index (κ1) is 22.5. The lowest BCUT2D eigenvalue weighted by atomic mass is 9.82. The van der Waals surface area contributed by atoms with Crippen LogP contribution in [-0.2, 0) is 22.1 Å². The molecule has 2 heterocycles. The van der Waals surface area contributed by atoms with Crippen molar-refractivity contribution in [3.05, 3.63) is 59.7 Å². The van der Waals surface area contributed by atoms with E-state index in [0.29, 0.717) is 44.6 Å². The number of piperazine rings is 1. The summed E-state index contributed by atoms with van der Waals surface area (Å²) in [5, 5.41) is 2.96. The van der Waals surface area contributed by atoms with Gasteiger partial charge in [-0.15, -0.1) is 0 Å². The Morgan fingerprint density at radius 2 is 1.94 bits per heavy atom. The second kappa shape index (κ2) is 9.40. The van der Waals surface area contributed by atoms with E-state index in [2.05, 4.69) is 15.1 Å². The Bertz CT molecular complexity index is 936. The summed E-state index contributed by atoms with van der Waals surface area (Å²) in [6.45, 7) is 3.04. The summed E-state index contributed by atoms with van der Waals surface area (Å²) in [4.78, 5) is 17.5. The van der Waals surface area contributed by atoms with Crippen LogP contribution in [0.2, 0.25) is 0 Å². The molecule has 2 atom stereocenters. The summed E-state index contributed by atoms with van der Waals surface area (Å²) in [7, 11) is 1.61. The van der Waals surface area contributed by atoms with E-state index in [0.717, 1.165) is 24.0 Å². The Morgan fingerprint density at radius 1 is 1.16 bits per heavy atom. The minimum atomic E-state index is -4.41. The van der Waals surface area contributed by atoms with E-state index in [9.17, 15) is 18.0 Å². The molecule has 5 nitrogen and oxygen atoms in total. The Kier molecular flexibility index (Phi) is 6.60. The average Bonchev–Trinajstić information content (AvgIpc) is 2.80. The van der Waals surface area contributed by atoms with Gasteiger partial charge in [-0.1, -0.05) is 18.2 Å². The van der Waals surface area contributed by atoms with Gasteiger partial charge in [0.25, 0.3) is 0 Å². The van der Waals surface area contributed by atoms with Gasteiger partial charge in [0, 0.05) is 51.3 Å². The van der Waals surface area contributed by atoms with Gasteiger partial charge in [0.2, 0.25) is 5.91 Å². The number of para-hydroxylation sites is 1. The first-order valence-corrected chi connectivity index (χ1v) is 10.9. The number of amides is 1. The molecule has 2 aromatic carbocycles. The first-order valence-electron chi connectivity index (χ1n) is 10.9. The summed E-state index contributed by atoms with van der Waals surface area (Å²) in [5.41, 5.74) is 1.81. The maximum absolute atomic E-state index is 13.3. The van der Waals surface area contributed by atoms with E-state index < -0.39 is 17.7 Å². The molecule has 0 radical (unpaired) electrons. The van der Waals surface area contributed by atoms with Gasteiger partial charge < -0.3 is 19.9 Å². The molecular weight excluding hydrogens is 419 g/mol. The number of ether oxygens (including phenoxy) is 1. The molecule has 1 fully saturated rings. The van der Waals surface area contributed by atoms with Crippen LogP contribution < -0.4 is 15.1 Å². The predicted octanol–water partition coefficient (Wildman–Crippen LogP) is 3.73. The quantitative estimate of drug-likeness (QED) is 0.686. The SMILES string of the molecule is COCCCNC(=O)[C@@H]1Cc2cc(C(F)(F)F)ccc2N2CCN(c3ccccc3)C[C@H]12. The number of alkyl halides is 3. The molecule has 1 N–H and O–H groups in total. The summed E-state index contributed by atoms with van der Waals surface area (Å²) in [5.74, 6) is -0.547.